The van der Waals surface area contributed by atoms with Crippen LogP contribution in [-0.4, -0.2) is 29.4 Å². The summed E-state index contributed by atoms with van der Waals surface area (Å²) in [5, 5.41) is 13.3. The summed E-state index contributed by atoms with van der Waals surface area (Å²) < 4.78 is 11.1. The number of carboxylic acid groups (broad SMARTS) is 1. The lowest BCUT2D eigenvalue weighted by atomic mass is 10.1. The Hall–Kier alpha value is -3.87. The van der Waals surface area contributed by atoms with Gasteiger partial charge in [-0.3, -0.25) is 5.43 Å². The molecule has 0 spiro atoms. The van der Waals surface area contributed by atoms with Crippen LogP contribution in [0.15, 0.2) is 72.0 Å². The van der Waals surface area contributed by atoms with Crippen LogP contribution in [-0.2, 0) is 6.61 Å². The summed E-state index contributed by atoms with van der Waals surface area (Å²) in [6.45, 7) is 0.289. The first-order chi connectivity index (χ1) is 13.7. The largest absolute Gasteiger partial charge is 0.496 e. The highest BCUT2D eigenvalue weighted by atomic mass is 16.5. The highest BCUT2D eigenvalue weighted by Crippen LogP contribution is 2.21. The number of pyridine rings is 1. The zero-order chi connectivity index (χ0) is 19.8. The highest BCUT2D eigenvalue weighted by molar-refractivity contribution is 5.94. The number of nitrogens with zero attached hydrogens (tertiary/aromatic N) is 2. The average Bonchev–Trinajstić information content (AvgIpc) is 2.73. The van der Waals surface area contributed by atoms with E-state index in [4.69, 9.17) is 9.47 Å². The number of para-hydroxylation sites is 1. The summed E-state index contributed by atoms with van der Waals surface area (Å²) in [5.74, 6) is 0.199. The van der Waals surface area contributed by atoms with Gasteiger partial charge in [0.25, 0.3) is 0 Å². The van der Waals surface area contributed by atoms with Crippen molar-refractivity contribution in [1.82, 2.24) is 4.98 Å². The Bertz CT molecular complexity index is 974. The van der Waals surface area contributed by atoms with Crippen LogP contribution in [0.3, 0.4) is 0 Å². The monoisotopic (exact) mass is 377 g/mol. The Kier molecular flexibility index (Phi) is 6.20. The number of rotatable bonds is 8. The predicted molar refractivity (Wildman–Crippen MR) is 106 cm³/mol. The molecule has 0 amide bonds. The van der Waals surface area contributed by atoms with Gasteiger partial charge in [-0.15, -0.1) is 0 Å². The van der Waals surface area contributed by atoms with Crippen LogP contribution in [0.2, 0.25) is 0 Å². The van der Waals surface area contributed by atoms with Gasteiger partial charge in [0.2, 0.25) is 5.88 Å². The number of methoxy groups -OCH3 is 1. The van der Waals surface area contributed by atoms with Crippen molar-refractivity contribution in [1.29, 1.82) is 0 Å². The zero-order valence-corrected chi connectivity index (χ0v) is 15.2. The van der Waals surface area contributed by atoms with Crippen LogP contribution in [0.4, 0.5) is 5.69 Å². The molecule has 28 heavy (non-hydrogen) atoms. The molecule has 1 heterocycles. The number of aromatic nitrogens is 1. The minimum Gasteiger partial charge on any atom is -0.496 e. The molecular formula is C21H19N3O4. The van der Waals surface area contributed by atoms with Crippen LogP contribution in [0.25, 0.3) is 0 Å². The molecule has 0 saturated heterocycles. The summed E-state index contributed by atoms with van der Waals surface area (Å²) in [6.07, 6.45) is 3.26. The molecule has 3 aromatic rings. The molecule has 2 N–H and O–H groups in total. The molecular weight excluding hydrogens is 358 g/mol. The Morgan fingerprint density at radius 1 is 1.18 bits per heavy atom. The van der Waals surface area contributed by atoms with E-state index in [-0.39, 0.29) is 12.2 Å². The van der Waals surface area contributed by atoms with Gasteiger partial charge in [0, 0.05) is 17.8 Å². The normalized spacial score (nSPS) is 10.6. The molecule has 0 saturated carbocycles. The topological polar surface area (TPSA) is 93.0 Å². The van der Waals surface area contributed by atoms with E-state index in [9.17, 15) is 9.90 Å². The standard InChI is InChI=1S/C21H19N3O4/c1-27-19-10-9-15(12-16(19)14-28-20-8-4-5-11-22-20)13-23-24-18-7-3-2-6-17(18)21(25)26/h2-13,24H,14H2,1H3,(H,25,26). The van der Waals surface area contributed by atoms with Gasteiger partial charge in [-0.05, 0) is 42.0 Å². The fraction of sp³-hybridized carbons (Fsp3) is 0.0952. The molecule has 1 aromatic heterocycles. The van der Waals surface area contributed by atoms with Crippen LogP contribution in [0, 0.1) is 0 Å². The molecule has 0 radical (unpaired) electrons. The Morgan fingerprint density at radius 2 is 2.00 bits per heavy atom. The molecule has 0 unspecified atom stereocenters. The molecule has 2 aromatic carbocycles. The second-order valence-corrected chi connectivity index (χ2v) is 5.75. The number of nitrogens with one attached hydrogen (secondary N) is 1. The fourth-order valence-electron chi connectivity index (χ4n) is 2.52. The summed E-state index contributed by atoms with van der Waals surface area (Å²) in [6, 6.07) is 17.6. The van der Waals surface area contributed by atoms with Gasteiger partial charge in [-0.1, -0.05) is 18.2 Å². The van der Waals surface area contributed by atoms with Crippen molar-refractivity contribution in [3.8, 4) is 11.6 Å². The van der Waals surface area contributed by atoms with Gasteiger partial charge in [0.05, 0.1) is 24.6 Å². The molecule has 7 heteroatoms. The molecule has 7 nitrogen and oxygen atoms in total. The molecule has 0 aliphatic carbocycles. The maximum atomic E-state index is 11.2. The molecule has 142 valence electrons. The lowest BCUT2D eigenvalue weighted by Crippen LogP contribution is -2.03. The van der Waals surface area contributed by atoms with Crippen molar-refractivity contribution >= 4 is 17.9 Å². The summed E-state index contributed by atoms with van der Waals surface area (Å²) in [7, 11) is 1.59. The lowest BCUT2D eigenvalue weighted by Gasteiger charge is -2.10. The maximum absolute atomic E-state index is 11.2. The fourth-order valence-corrected chi connectivity index (χ4v) is 2.52. The summed E-state index contributed by atoms with van der Waals surface area (Å²) in [4.78, 5) is 15.4. The minimum atomic E-state index is -1.02. The number of carbonyl (C=O) groups is 1. The first-order valence-corrected chi connectivity index (χ1v) is 8.49. The predicted octanol–water partition coefficient (Wildman–Crippen LogP) is 3.81. The highest BCUT2D eigenvalue weighted by Gasteiger charge is 2.08. The van der Waals surface area contributed by atoms with Crippen molar-refractivity contribution in [2.45, 2.75) is 6.61 Å². The molecule has 0 aliphatic heterocycles. The van der Waals surface area contributed by atoms with Gasteiger partial charge in [0.1, 0.15) is 12.4 Å². The van der Waals surface area contributed by atoms with Crippen LogP contribution >= 0.6 is 0 Å². The second kappa shape index (κ2) is 9.18. The van der Waals surface area contributed by atoms with Crippen molar-refractivity contribution in [2.75, 3.05) is 12.5 Å². The summed E-state index contributed by atoms with van der Waals surface area (Å²) in [5.41, 5.74) is 4.97. The van der Waals surface area contributed by atoms with E-state index in [0.717, 1.165) is 11.1 Å². The third-order valence-electron chi connectivity index (χ3n) is 3.87. The maximum Gasteiger partial charge on any atom is 0.337 e. The number of aromatic carboxylic acids is 1. The van der Waals surface area contributed by atoms with Crippen molar-refractivity contribution in [3.63, 3.8) is 0 Å². The van der Waals surface area contributed by atoms with E-state index in [1.807, 2.05) is 30.3 Å². The summed E-state index contributed by atoms with van der Waals surface area (Å²) >= 11 is 0. The number of benzene rings is 2. The van der Waals surface area contributed by atoms with Gasteiger partial charge in [-0.25, -0.2) is 9.78 Å². The number of ether oxygens (including phenoxy) is 2. The zero-order valence-electron chi connectivity index (χ0n) is 15.2. The smallest absolute Gasteiger partial charge is 0.337 e. The molecule has 3 rings (SSSR count). The van der Waals surface area contributed by atoms with E-state index in [1.54, 1.807) is 43.8 Å². The van der Waals surface area contributed by atoms with Crippen LogP contribution < -0.4 is 14.9 Å². The average molecular weight is 377 g/mol. The molecule has 0 aliphatic rings. The second-order valence-electron chi connectivity index (χ2n) is 5.75. The van der Waals surface area contributed by atoms with Crippen molar-refractivity contribution < 1.29 is 19.4 Å². The molecule has 0 bridgehead atoms. The Balaban J connectivity index is 1.72. The SMILES string of the molecule is COc1ccc(C=NNc2ccccc2C(=O)O)cc1COc1ccccn1. The van der Waals surface area contributed by atoms with Crippen LogP contribution in [0.5, 0.6) is 11.6 Å². The number of carboxylic acids is 1. The minimum absolute atomic E-state index is 0.152. The number of hydrogen-bond acceptors (Lipinski definition) is 6. The van der Waals surface area contributed by atoms with Gasteiger partial charge in [0.15, 0.2) is 0 Å². The number of hydrogen-bond donors (Lipinski definition) is 2. The van der Waals surface area contributed by atoms with E-state index in [1.165, 1.54) is 6.07 Å². The number of anilines is 1. The lowest BCUT2D eigenvalue weighted by molar-refractivity contribution is 0.0698. The first kappa shape index (κ1) is 18.9. The van der Waals surface area contributed by atoms with Crippen molar-refractivity contribution in [3.05, 3.63) is 83.6 Å². The van der Waals surface area contributed by atoms with E-state index >= 15 is 0 Å². The third-order valence-corrected chi connectivity index (χ3v) is 3.87. The van der Waals surface area contributed by atoms with Gasteiger partial charge < -0.3 is 14.6 Å². The first-order valence-electron chi connectivity index (χ1n) is 8.49. The van der Waals surface area contributed by atoms with E-state index in [0.29, 0.717) is 17.3 Å². The number of hydrazone groups is 1. The van der Waals surface area contributed by atoms with Gasteiger partial charge in [-0.2, -0.15) is 5.10 Å². The quantitative estimate of drug-likeness (QED) is 0.458. The third kappa shape index (κ3) is 4.85. The Labute approximate surface area is 162 Å². The van der Waals surface area contributed by atoms with Crippen LogP contribution in [0.1, 0.15) is 21.5 Å². The molecule has 0 atom stereocenters. The van der Waals surface area contributed by atoms with E-state index < -0.39 is 5.97 Å². The van der Waals surface area contributed by atoms with E-state index in [2.05, 4.69) is 15.5 Å². The van der Waals surface area contributed by atoms with Crippen molar-refractivity contribution in [2.24, 2.45) is 5.10 Å². The Morgan fingerprint density at radius 3 is 2.75 bits per heavy atom. The molecule has 0 fully saturated rings. The van der Waals surface area contributed by atoms with Gasteiger partial charge >= 0.3 is 5.97 Å².